The zero-order valence-electron chi connectivity index (χ0n) is 20.5. The van der Waals surface area contributed by atoms with Crippen LogP contribution in [0.5, 0.6) is 11.5 Å². The van der Waals surface area contributed by atoms with Gasteiger partial charge in [-0.05, 0) is 67.1 Å². The number of nitrogens with one attached hydrogen (secondary N) is 2. The van der Waals surface area contributed by atoms with Crippen molar-refractivity contribution < 1.29 is 28.7 Å². The Labute approximate surface area is 213 Å². The van der Waals surface area contributed by atoms with Crippen LogP contribution in [-0.2, 0) is 21.0 Å². The fourth-order valence-electron chi connectivity index (χ4n) is 3.75. The molecule has 9 nitrogen and oxygen atoms in total. The Morgan fingerprint density at radius 3 is 2.35 bits per heavy atom. The number of benzene rings is 3. The van der Waals surface area contributed by atoms with E-state index in [-0.39, 0.29) is 18.1 Å². The smallest absolute Gasteiger partial charge is 0.335 e. The fraction of sp³-hybridized carbons (Fsp3) is 0.143. The molecule has 1 heterocycles. The van der Waals surface area contributed by atoms with E-state index >= 15 is 0 Å². The molecule has 37 heavy (non-hydrogen) atoms. The highest BCUT2D eigenvalue weighted by molar-refractivity contribution is 6.39. The first-order valence-corrected chi connectivity index (χ1v) is 11.4. The summed E-state index contributed by atoms with van der Waals surface area (Å²) in [6, 6.07) is 18.1. The van der Waals surface area contributed by atoms with Crippen molar-refractivity contribution in [2.24, 2.45) is 0 Å². The van der Waals surface area contributed by atoms with Crippen LogP contribution in [0, 0.1) is 6.92 Å². The number of imide groups is 2. The van der Waals surface area contributed by atoms with Crippen LogP contribution in [0.25, 0.3) is 6.08 Å². The maximum absolute atomic E-state index is 13.1. The van der Waals surface area contributed by atoms with Gasteiger partial charge in [0.25, 0.3) is 11.8 Å². The number of barbiturate groups is 1. The molecule has 0 bridgehead atoms. The molecule has 0 saturated carbocycles. The highest BCUT2D eigenvalue weighted by Gasteiger charge is 2.36. The van der Waals surface area contributed by atoms with E-state index in [0.29, 0.717) is 34.0 Å². The van der Waals surface area contributed by atoms with E-state index in [1.807, 2.05) is 6.92 Å². The molecule has 0 aliphatic carbocycles. The summed E-state index contributed by atoms with van der Waals surface area (Å²) in [5.41, 5.74) is 3.04. The van der Waals surface area contributed by atoms with Gasteiger partial charge in [0.2, 0.25) is 5.91 Å². The molecule has 188 valence electrons. The van der Waals surface area contributed by atoms with Crippen LogP contribution >= 0.6 is 0 Å². The standard InChI is InChI=1S/C28H25N3O6/c1-17-4-9-22(10-5-17)31-27(34)24(26(33)30-28(31)35)15-19-6-13-25(36-3)20(14-19)16-37-23-11-7-21(8-12-23)29-18(2)32/h4-15H,16H2,1-3H3,(H,29,32)(H,30,33,35). The van der Waals surface area contributed by atoms with E-state index in [0.717, 1.165) is 10.5 Å². The second-order valence-corrected chi connectivity index (χ2v) is 8.36. The minimum absolute atomic E-state index is 0.147. The van der Waals surface area contributed by atoms with Crippen molar-refractivity contribution in [1.29, 1.82) is 0 Å². The molecule has 1 aliphatic heterocycles. The largest absolute Gasteiger partial charge is 0.496 e. The monoisotopic (exact) mass is 499 g/mol. The van der Waals surface area contributed by atoms with Gasteiger partial charge in [-0.3, -0.25) is 19.7 Å². The molecule has 1 saturated heterocycles. The molecule has 0 aromatic heterocycles. The van der Waals surface area contributed by atoms with Gasteiger partial charge in [-0.1, -0.05) is 23.8 Å². The average Bonchev–Trinajstić information content (AvgIpc) is 2.87. The highest BCUT2D eigenvalue weighted by Crippen LogP contribution is 2.26. The molecule has 0 atom stereocenters. The Kier molecular flexibility index (Phi) is 7.34. The van der Waals surface area contributed by atoms with Crippen LogP contribution in [0.3, 0.4) is 0 Å². The number of methoxy groups -OCH3 is 1. The molecule has 5 amide bonds. The molecule has 9 heteroatoms. The third-order valence-corrected chi connectivity index (χ3v) is 5.58. The van der Waals surface area contributed by atoms with Crippen LogP contribution in [0.15, 0.2) is 72.3 Å². The normalized spacial score (nSPS) is 14.4. The molecule has 4 rings (SSSR count). The summed E-state index contributed by atoms with van der Waals surface area (Å²) in [6.07, 6.45) is 1.43. The highest BCUT2D eigenvalue weighted by atomic mass is 16.5. The number of amides is 5. The van der Waals surface area contributed by atoms with Crippen LogP contribution in [0.1, 0.15) is 23.6 Å². The van der Waals surface area contributed by atoms with Crippen LogP contribution in [0.2, 0.25) is 0 Å². The predicted octanol–water partition coefficient (Wildman–Crippen LogP) is 4.21. The van der Waals surface area contributed by atoms with Crippen LogP contribution in [0.4, 0.5) is 16.2 Å². The molecule has 1 fully saturated rings. The average molecular weight is 500 g/mol. The summed E-state index contributed by atoms with van der Waals surface area (Å²) in [6.45, 7) is 3.47. The Bertz CT molecular complexity index is 1390. The van der Waals surface area contributed by atoms with Gasteiger partial charge >= 0.3 is 6.03 Å². The number of carbonyl (C=O) groups is 4. The number of carbonyl (C=O) groups excluding carboxylic acids is 4. The van der Waals surface area contributed by atoms with E-state index in [4.69, 9.17) is 9.47 Å². The number of nitrogens with zero attached hydrogens (tertiary/aromatic N) is 1. The second-order valence-electron chi connectivity index (χ2n) is 8.36. The molecule has 1 aliphatic rings. The van der Waals surface area contributed by atoms with E-state index < -0.39 is 17.8 Å². The summed E-state index contributed by atoms with van der Waals surface area (Å²) in [7, 11) is 1.53. The first kappa shape index (κ1) is 25.2. The lowest BCUT2D eigenvalue weighted by molar-refractivity contribution is -0.122. The van der Waals surface area contributed by atoms with Crippen molar-refractivity contribution in [3.63, 3.8) is 0 Å². The van der Waals surface area contributed by atoms with Gasteiger partial charge in [0, 0.05) is 18.2 Å². The Hall–Kier alpha value is -4.92. The number of anilines is 2. The van der Waals surface area contributed by atoms with Gasteiger partial charge < -0.3 is 14.8 Å². The zero-order chi connectivity index (χ0) is 26.5. The quantitative estimate of drug-likeness (QED) is 0.372. The van der Waals surface area contributed by atoms with E-state index in [2.05, 4.69) is 10.6 Å². The van der Waals surface area contributed by atoms with E-state index in [1.165, 1.54) is 20.1 Å². The molecule has 3 aromatic carbocycles. The molecule has 0 spiro atoms. The fourth-order valence-corrected chi connectivity index (χ4v) is 3.75. The topological polar surface area (TPSA) is 114 Å². The number of hydrogen-bond donors (Lipinski definition) is 2. The summed E-state index contributed by atoms with van der Waals surface area (Å²) in [5, 5.41) is 4.92. The van der Waals surface area contributed by atoms with Gasteiger partial charge in [0.1, 0.15) is 23.7 Å². The third-order valence-electron chi connectivity index (χ3n) is 5.58. The first-order valence-electron chi connectivity index (χ1n) is 11.4. The van der Waals surface area contributed by atoms with Crippen molar-refractivity contribution in [3.05, 3.63) is 89.0 Å². The Morgan fingerprint density at radius 2 is 1.70 bits per heavy atom. The zero-order valence-corrected chi connectivity index (χ0v) is 20.5. The van der Waals surface area contributed by atoms with Crippen LogP contribution in [-0.4, -0.2) is 30.9 Å². The number of rotatable bonds is 7. The minimum atomic E-state index is -0.802. The molecular formula is C28H25N3O6. The number of ether oxygens (including phenoxy) is 2. The predicted molar refractivity (Wildman–Crippen MR) is 138 cm³/mol. The number of urea groups is 1. The van der Waals surface area contributed by atoms with Crippen molar-refractivity contribution in [2.45, 2.75) is 20.5 Å². The summed E-state index contributed by atoms with van der Waals surface area (Å²) in [4.78, 5) is 50.2. The van der Waals surface area contributed by atoms with E-state index in [9.17, 15) is 19.2 Å². The van der Waals surface area contributed by atoms with Crippen molar-refractivity contribution in [2.75, 3.05) is 17.3 Å². The SMILES string of the molecule is COc1ccc(C=C2C(=O)NC(=O)N(c3ccc(C)cc3)C2=O)cc1COc1ccc(NC(C)=O)cc1. The molecule has 3 aromatic rings. The van der Waals surface area contributed by atoms with Gasteiger partial charge in [-0.15, -0.1) is 0 Å². The van der Waals surface area contributed by atoms with Crippen LogP contribution < -0.4 is 25.0 Å². The molecule has 0 unspecified atom stereocenters. The number of aryl methyl sites for hydroxylation is 1. The maximum Gasteiger partial charge on any atom is 0.335 e. The summed E-state index contributed by atoms with van der Waals surface area (Å²) < 4.78 is 11.3. The second kappa shape index (κ2) is 10.8. The van der Waals surface area contributed by atoms with Crippen molar-refractivity contribution in [3.8, 4) is 11.5 Å². The lowest BCUT2D eigenvalue weighted by Gasteiger charge is -2.26. The Morgan fingerprint density at radius 1 is 1.00 bits per heavy atom. The summed E-state index contributed by atoms with van der Waals surface area (Å²) >= 11 is 0. The maximum atomic E-state index is 13.1. The minimum Gasteiger partial charge on any atom is -0.496 e. The van der Waals surface area contributed by atoms with Gasteiger partial charge in [0.15, 0.2) is 0 Å². The summed E-state index contributed by atoms with van der Waals surface area (Å²) in [5.74, 6) is -0.514. The molecular weight excluding hydrogens is 474 g/mol. The van der Waals surface area contributed by atoms with Gasteiger partial charge in [0.05, 0.1) is 12.8 Å². The van der Waals surface area contributed by atoms with Crippen molar-refractivity contribution in [1.82, 2.24) is 5.32 Å². The first-order chi connectivity index (χ1) is 17.7. The lowest BCUT2D eigenvalue weighted by atomic mass is 10.0. The number of hydrogen-bond acceptors (Lipinski definition) is 6. The van der Waals surface area contributed by atoms with Gasteiger partial charge in [-0.25, -0.2) is 9.69 Å². The van der Waals surface area contributed by atoms with E-state index in [1.54, 1.807) is 66.7 Å². The molecule has 2 N–H and O–H groups in total. The van der Waals surface area contributed by atoms with Crippen molar-refractivity contribution >= 4 is 41.2 Å². The molecule has 0 radical (unpaired) electrons. The lowest BCUT2D eigenvalue weighted by Crippen LogP contribution is -2.54. The third kappa shape index (κ3) is 5.84. The Balaban J connectivity index is 1.57. The van der Waals surface area contributed by atoms with Gasteiger partial charge in [-0.2, -0.15) is 0 Å².